The maximum atomic E-state index is 9.78. The monoisotopic (exact) mass is 296 g/mol. The summed E-state index contributed by atoms with van der Waals surface area (Å²) in [6, 6.07) is 14.2. The molecule has 4 nitrogen and oxygen atoms in total. The van der Waals surface area contributed by atoms with Crippen molar-refractivity contribution >= 4 is 11.9 Å². The molecule has 2 aromatic rings. The van der Waals surface area contributed by atoms with Gasteiger partial charge in [-0.15, -0.1) is 0 Å². The summed E-state index contributed by atoms with van der Waals surface area (Å²) >= 11 is 0. The quantitative estimate of drug-likeness (QED) is 0.825. The van der Waals surface area contributed by atoms with Gasteiger partial charge in [0.1, 0.15) is 11.5 Å². The van der Waals surface area contributed by atoms with Gasteiger partial charge in [0.05, 0.1) is 12.6 Å². The van der Waals surface area contributed by atoms with E-state index >= 15 is 0 Å². The van der Waals surface area contributed by atoms with E-state index in [-0.39, 0.29) is 17.5 Å². The zero-order valence-corrected chi connectivity index (χ0v) is 12.8. The lowest BCUT2D eigenvalue weighted by molar-refractivity contribution is 0.464. The van der Waals surface area contributed by atoms with E-state index in [9.17, 15) is 10.2 Å². The Labute approximate surface area is 130 Å². The Balaban J connectivity index is 2.00. The van der Waals surface area contributed by atoms with E-state index in [0.29, 0.717) is 6.54 Å². The van der Waals surface area contributed by atoms with E-state index < -0.39 is 0 Å². The summed E-state index contributed by atoms with van der Waals surface area (Å²) < 4.78 is 0. The van der Waals surface area contributed by atoms with Gasteiger partial charge in [0.15, 0.2) is 0 Å². The predicted molar refractivity (Wildman–Crippen MR) is 90.2 cm³/mol. The first-order valence-electron chi connectivity index (χ1n) is 7.18. The molecule has 0 aliphatic heterocycles. The minimum Gasteiger partial charge on any atom is -0.508 e. The van der Waals surface area contributed by atoms with Gasteiger partial charge in [0, 0.05) is 23.1 Å². The smallest absolute Gasteiger partial charge is 0.124 e. The lowest BCUT2D eigenvalue weighted by Crippen LogP contribution is -1.98. The average Bonchev–Trinajstić information content (AvgIpc) is 2.52. The topological polar surface area (TPSA) is 65.2 Å². The Morgan fingerprint density at radius 2 is 1.68 bits per heavy atom. The van der Waals surface area contributed by atoms with Gasteiger partial charge in [-0.25, -0.2) is 0 Å². The number of aliphatic imine (C=N–C) groups is 2. The molecule has 4 heteroatoms. The standard InChI is InChI=1S/C18H20N2O2/c1-13(15-7-3-5-9-17(15)21)19-11-12-20-14(2)16-8-4-6-10-18(16)22/h3-11,13,21-22H,12H2,1-2H3/b19-11-,20-14-. The van der Waals surface area contributed by atoms with Crippen molar-refractivity contribution in [1.82, 2.24) is 0 Å². The molecule has 2 N–H and O–H groups in total. The fourth-order valence-electron chi connectivity index (χ4n) is 2.17. The van der Waals surface area contributed by atoms with Crippen LogP contribution in [0.1, 0.15) is 31.0 Å². The Morgan fingerprint density at radius 3 is 2.36 bits per heavy atom. The van der Waals surface area contributed by atoms with E-state index in [1.165, 1.54) is 0 Å². The number of hydrogen-bond donors (Lipinski definition) is 2. The fraction of sp³-hybridized carbons (Fsp3) is 0.222. The average molecular weight is 296 g/mol. The highest BCUT2D eigenvalue weighted by Gasteiger charge is 2.06. The molecule has 2 rings (SSSR count). The summed E-state index contributed by atoms with van der Waals surface area (Å²) in [4.78, 5) is 8.78. The van der Waals surface area contributed by atoms with Crippen LogP contribution in [-0.2, 0) is 0 Å². The highest BCUT2D eigenvalue weighted by Crippen LogP contribution is 2.25. The molecule has 0 heterocycles. The highest BCUT2D eigenvalue weighted by molar-refractivity contribution is 6.01. The third kappa shape index (κ3) is 3.95. The normalized spacial score (nSPS) is 13.5. The fourth-order valence-corrected chi connectivity index (χ4v) is 2.17. The molecule has 1 unspecified atom stereocenters. The molecule has 0 radical (unpaired) electrons. The van der Waals surface area contributed by atoms with Crippen LogP contribution in [0.3, 0.4) is 0 Å². The van der Waals surface area contributed by atoms with Gasteiger partial charge in [-0.05, 0) is 32.0 Å². The summed E-state index contributed by atoms with van der Waals surface area (Å²) in [6.45, 7) is 4.21. The molecule has 0 fully saturated rings. The van der Waals surface area contributed by atoms with Crippen molar-refractivity contribution in [3.8, 4) is 11.5 Å². The van der Waals surface area contributed by atoms with Gasteiger partial charge in [-0.1, -0.05) is 30.3 Å². The molecule has 0 saturated heterocycles. The molecule has 0 spiro atoms. The number of phenols is 2. The molecule has 0 bridgehead atoms. The van der Waals surface area contributed by atoms with Crippen molar-refractivity contribution in [2.24, 2.45) is 9.98 Å². The lowest BCUT2D eigenvalue weighted by Gasteiger charge is -2.08. The molecule has 0 amide bonds. The first kappa shape index (κ1) is 15.8. The Morgan fingerprint density at radius 1 is 1.05 bits per heavy atom. The number of benzene rings is 2. The molecule has 0 aliphatic rings. The molecule has 114 valence electrons. The van der Waals surface area contributed by atoms with Crippen LogP contribution in [0.4, 0.5) is 0 Å². The Kier molecular flexibility index (Phi) is 5.31. The zero-order valence-electron chi connectivity index (χ0n) is 12.8. The van der Waals surface area contributed by atoms with Crippen molar-refractivity contribution in [2.75, 3.05) is 6.54 Å². The predicted octanol–water partition coefficient (Wildman–Crippen LogP) is 3.74. The molecular formula is C18H20N2O2. The van der Waals surface area contributed by atoms with Gasteiger partial charge in [0.25, 0.3) is 0 Å². The minimum atomic E-state index is -0.123. The first-order valence-corrected chi connectivity index (χ1v) is 7.18. The van der Waals surface area contributed by atoms with Crippen LogP contribution in [0, 0.1) is 0 Å². The summed E-state index contributed by atoms with van der Waals surface area (Å²) in [7, 11) is 0. The molecule has 0 aliphatic carbocycles. The van der Waals surface area contributed by atoms with Crippen LogP contribution >= 0.6 is 0 Å². The zero-order chi connectivity index (χ0) is 15.9. The maximum absolute atomic E-state index is 9.78. The van der Waals surface area contributed by atoms with E-state index in [1.807, 2.05) is 38.1 Å². The summed E-state index contributed by atoms with van der Waals surface area (Å²) in [5.41, 5.74) is 2.28. The van der Waals surface area contributed by atoms with Crippen LogP contribution in [0.15, 0.2) is 58.5 Å². The van der Waals surface area contributed by atoms with Crippen molar-refractivity contribution in [1.29, 1.82) is 0 Å². The van der Waals surface area contributed by atoms with Crippen molar-refractivity contribution in [3.63, 3.8) is 0 Å². The molecule has 22 heavy (non-hydrogen) atoms. The minimum absolute atomic E-state index is 0.123. The van der Waals surface area contributed by atoms with Gasteiger partial charge < -0.3 is 10.2 Å². The Hall–Kier alpha value is -2.62. The third-order valence-electron chi connectivity index (χ3n) is 3.42. The summed E-state index contributed by atoms with van der Waals surface area (Å²) in [5.74, 6) is 0.476. The second-order valence-corrected chi connectivity index (χ2v) is 5.01. The summed E-state index contributed by atoms with van der Waals surface area (Å²) in [5, 5.41) is 19.5. The van der Waals surface area contributed by atoms with Gasteiger partial charge in [-0.2, -0.15) is 0 Å². The van der Waals surface area contributed by atoms with Gasteiger partial charge in [-0.3, -0.25) is 9.98 Å². The van der Waals surface area contributed by atoms with Crippen molar-refractivity contribution in [3.05, 3.63) is 59.7 Å². The maximum Gasteiger partial charge on any atom is 0.124 e. The Bertz CT molecular complexity index is 693. The number of para-hydroxylation sites is 2. The van der Waals surface area contributed by atoms with E-state index in [2.05, 4.69) is 9.98 Å². The number of nitrogens with zero attached hydrogens (tertiary/aromatic N) is 2. The van der Waals surface area contributed by atoms with E-state index in [0.717, 1.165) is 16.8 Å². The van der Waals surface area contributed by atoms with E-state index in [4.69, 9.17) is 0 Å². The van der Waals surface area contributed by atoms with Crippen LogP contribution in [0.5, 0.6) is 11.5 Å². The number of rotatable bonds is 5. The van der Waals surface area contributed by atoms with Gasteiger partial charge >= 0.3 is 0 Å². The molecular weight excluding hydrogens is 276 g/mol. The van der Waals surface area contributed by atoms with E-state index in [1.54, 1.807) is 30.5 Å². The lowest BCUT2D eigenvalue weighted by atomic mass is 10.1. The molecule has 0 aromatic heterocycles. The molecule has 2 aromatic carbocycles. The van der Waals surface area contributed by atoms with Crippen LogP contribution in [0.25, 0.3) is 0 Å². The second kappa shape index (κ2) is 7.41. The number of hydrogen-bond acceptors (Lipinski definition) is 4. The highest BCUT2D eigenvalue weighted by atomic mass is 16.3. The van der Waals surface area contributed by atoms with Crippen LogP contribution in [-0.4, -0.2) is 28.7 Å². The SMILES string of the molecule is C/C(=N/C/C=N\C(C)c1ccccc1O)c1ccccc1O. The second-order valence-electron chi connectivity index (χ2n) is 5.01. The first-order chi connectivity index (χ1) is 10.6. The van der Waals surface area contributed by atoms with Gasteiger partial charge in [0.2, 0.25) is 0 Å². The molecule has 1 atom stereocenters. The van der Waals surface area contributed by atoms with Crippen LogP contribution < -0.4 is 0 Å². The van der Waals surface area contributed by atoms with Crippen molar-refractivity contribution < 1.29 is 10.2 Å². The molecule has 0 saturated carbocycles. The number of phenolic OH excluding ortho intramolecular Hbond substituents is 2. The van der Waals surface area contributed by atoms with Crippen LogP contribution in [0.2, 0.25) is 0 Å². The number of aromatic hydroxyl groups is 2. The summed E-state index contributed by atoms with van der Waals surface area (Å²) in [6.07, 6.45) is 1.72. The third-order valence-corrected chi connectivity index (χ3v) is 3.42. The largest absolute Gasteiger partial charge is 0.508 e. The van der Waals surface area contributed by atoms with Crippen molar-refractivity contribution in [2.45, 2.75) is 19.9 Å².